The lowest BCUT2D eigenvalue weighted by atomic mass is 10.0. The maximum absolute atomic E-state index is 6.35. The van der Waals surface area contributed by atoms with E-state index in [-0.39, 0.29) is 0 Å². The fraction of sp³-hybridized carbons (Fsp3) is 0.0417. The van der Waals surface area contributed by atoms with Crippen LogP contribution < -0.4 is 0 Å². The van der Waals surface area contributed by atoms with Crippen molar-refractivity contribution in [3.8, 4) is 11.1 Å². The molecule has 2 aliphatic rings. The Balaban J connectivity index is 1.57. The average molecular weight is 388 g/mol. The van der Waals surface area contributed by atoms with Gasteiger partial charge in [-0.05, 0) is 52.1 Å². The van der Waals surface area contributed by atoms with Gasteiger partial charge in [-0.3, -0.25) is 4.99 Å². The first-order valence-electron chi connectivity index (χ1n) is 8.85. The third-order valence-corrected chi connectivity index (χ3v) is 5.56. The molecule has 1 aliphatic carbocycles. The molecule has 0 fully saturated rings. The van der Waals surface area contributed by atoms with Gasteiger partial charge in [-0.25, -0.2) is 0 Å². The van der Waals surface area contributed by atoms with Gasteiger partial charge in [0, 0.05) is 22.7 Å². The number of rotatable bonds is 2. The maximum Gasteiger partial charge on any atom is 0.0684 e. The second kappa shape index (κ2) is 6.53. The number of aliphatic imine (C=N–C) groups is 1. The summed E-state index contributed by atoms with van der Waals surface area (Å²) in [5.74, 6) is 0. The van der Waals surface area contributed by atoms with Crippen molar-refractivity contribution >= 4 is 40.2 Å². The summed E-state index contributed by atoms with van der Waals surface area (Å²) in [6, 6.07) is 22.6. The largest absolute Gasteiger partial charge is 0.253 e. The van der Waals surface area contributed by atoms with E-state index in [1.165, 1.54) is 27.8 Å². The fourth-order valence-electron chi connectivity index (χ4n) is 3.78. The van der Waals surface area contributed by atoms with Gasteiger partial charge in [-0.15, -0.1) is 0 Å². The molecule has 5 rings (SSSR count). The lowest BCUT2D eigenvalue weighted by Crippen LogP contribution is -1.91. The van der Waals surface area contributed by atoms with Crippen LogP contribution in [-0.4, -0.2) is 5.71 Å². The first-order valence-corrected chi connectivity index (χ1v) is 9.60. The van der Waals surface area contributed by atoms with Crippen molar-refractivity contribution in [1.82, 2.24) is 0 Å². The quantitative estimate of drug-likeness (QED) is 0.342. The van der Waals surface area contributed by atoms with E-state index in [0.29, 0.717) is 10.0 Å². The minimum absolute atomic E-state index is 0.628. The lowest BCUT2D eigenvalue weighted by Gasteiger charge is -2.04. The van der Waals surface area contributed by atoms with E-state index in [1.54, 1.807) is 6.07 Å². The average Bonchev–Trinajstić information content (AvgIpc) is 3.26. The van der Waals surface area contributed by atoms with Gasteiger partial charge < -0.3 is 0 Å². The molecule has 0 radical (unpaired) electrons. The van der Waals surface area contributed by atoms with Gasteiger partial charge in [0.25, 0.3) is 0 Å². The number of nitrogens with zero attached hydrogens (tertiary/aromatic N) is 1. The lowest BCUT2D eigenvalue weighted by molar-refractivity contribution is 1.53. The third kappa shape index (κ3) is 2.84. The van der Waals surface area contributed by atoms with Crippen LogP contribution in [0.3, 0.4) is 0 Å². The highest BCUT2D eigenvalue weighted by molar-refractivity contribution is 6.35. The summed E-state index contributed by atoms with van der Waals surface area (Å²) in [7, 11) is 0. The van der Waals surface area contributed by atoms with Gasteiger partial charge >= 0.3 is 0 Å². The van der Waals surface area contributed by atoms with Crippen LogP contribution in [0.1, 0.15) is 23.1 Å². The highest BCUT2D eigenvalue weighted by Crippen LogP contribution is 2.44. The van der Waals surface area contributed by atoms with Crippen LogP contribution in [0.4, 0.5) is 0 Å². The SMILES string of the molecule is Clc1ccc(C2=CCC(C=C3c4ccccc4-c4ccccc43)=N2)c(Cl)c1. The highest BCUT2D eigenvalue weighted by atomic mass is 35.5. The Morgan fingerprint density at radius 2 is 1.37 bits per heavy atom. The maximum atomic E-state index is 6.35. The molecule has 0 saturated heterocycles. The van der Waals surface area contributed by atoms with Gasteiger partial charge in [0.2, 0.25) is 0 Å². The van der Waals surface area contributed by atoms with E-state index in [2.05, 4.69) is 60.7 Å². The zero-order valence-corrected chi connectivity index (χ0v) is 15.9. The predicted octanol–water partition coefficient (Wildman–Crippen LogP) is 7.29. The van der Waals surface area contributed by atoms with Crippen molar-refractivity contribution in [2.45, 2.75) is 6.42 Å². The molecule has 0 saturated carbocycles. The summed E-state index contributed by atoms with van der Waals surface area (Å²) < 4.78 is 0. The van der Waals surface area contributed by atoms with Crippen LogP contribution in [0.5, 0.6) is 0 Å². The van der Waals surface area contributed by atoms with E-state index < -0.39 is 0 Å². The van der Waals surface area contributed by atoms with E-state index >= 15 is 0 Å². The molecule has 0 bridgehead atoms. The summed E-state index contributed by atoms with van der Waals surface area (Å²) in [5, 5.41) is 1.26. The monoisotopic (exact) mass is 387 g/mol. The van der Waals surface area contributed by atoms with Crippen LogP contribution in [0.15, 0.2) is 83.9 Å². The van der Waals surface area contributed by atoms with E-state index in [9.17, 15) is 0 Å². The molecule has 0 amide bonds. The van der Waals surface area contributed by atoms with Crippen molar-refractivity contribution in [1.29, 1.82) is 0 Å². The van der Waals surface area contributed by atoms with Gasteiger partial charge in [0.05, 0.1) is 10.7 Å². The van der Waals surface area contributed by atoms with E-state index in [1.807, 2.05) is 12.1 Å². The molecular formula is C24H15Cl2N. The van der Waals surface area contributed by atoms with Crippen LogP contribution in [0.25, 0.3) is 22.4 Å². The van der Waals surface area contributed by atoms with Gasteiger partial charge in [-0.1, -0.05) is 77.8 Å². The zero-order chi connectivity index (χ0) is 18.4. The Labute approximate surface area is 168 Å². The number of benzene rings is 3. The number of hydrogen-bond donors (Lipinski definition) is 0. The Bertz CT molecular complexity index is 1120. The molecule has 1 aliphatic heterocycles. The van der Waals surface area contributed by atoms with Crippen molar-refractivity contribution in [3.05, 3.63) is 106 Å². The summed E-state index contributed by atoms with van der Waals surface area (Å²) in [6.07, 6.45) is 5.12. The molecule has 130 valence electrons. The molecule has 27 heavy (non-hydrogen) atoms. The van der Waals surface area contributed by atoms with Crippen molar-refractivity contribution in [2.75, 3.05) is 0 Å². The zero-order valence-electron chi connectivity index (χ0n) is 14.4. The first-order chi connectivity index (χ1) is 13.2. The predicted molar refractivity (Wildman–Crippen MR) is 115 cm³/mol. The summed E-state index contributed by atoms with van der Waals surface area (Å²) >= 11 is 12.4. The number of fused-ring (bicyclic) bond motifs is 3. The van der Waals surface area contributed by atoms with Crippen molar-refractivity contribution in [2.24, 2.45) is 4.99 Å². The minimum Gasteiger partial charge on any atom is -0.253 e. The van der Waals surface area contributed by atoms with Gasteiger partial charge in [0.1, 0.15) is 0 Å². The molecule has 3 aromatic carbocycles. The van der Waals surface area contributed by atoms with Gasteiger partial charge in [0.15, 0.2) is 0 Å². The summed E-state index contributed by atoms with van der Waals surface area (Å²) in [4.78, 5) is 4.83. The molecule has 3 aromatic rings. The van der Waals surface area contributed by atoms with Crippen LogP contribution in [0, 0.1) is 0 Å². The van der Waals surface area contributed by atoms with Crippen LogP contribution in [-0.2, 0) is 0 Å². The third-order valence-electron chi connectivity index (χ3n) is 5.01. The molecule has 0 atom stereocenters. The second-order valence-corrected chi connectivity index (χ2v) is 7.51. The standard InChI is InChI=1S/C24H15Cl2N/c25-15-9-11-21(23(26)13-15)24-12-10-16(27-24)14-22-19-7-3-1-5-17(19)18-6-2-4-8-20(18)22/h1-9,11-14H,10H2. The fourth-order valence-corrected chi connectivity index (χ4v) is 4.28. The Morgan fingerprint density at radius 3 is 2.00 bits per heavy atom. The van der Waals surface area contributed by atoms with E-state index in [0.717, 1.165) is 23.4 Å². The number of allylic oxidation sites excluding steroid dienone is 2. The minimum atomic E-state index is 0.628. The smallest absolute Gasteiger partial charge is 0.0684 e. The Hall–Kier alpha value is -2.61. The topological polar surface area (TPSA) is 12.4 Å². The molecular weight excluding hydrogens is 373 g/mol. The van der Waals surface area contributed by atoms with Crippen LogP contribution >= 0.6 is 23.2 Å². The molecule has 0 unspecified atom stereocenters. The number of hydrogen-bond acceptors (Lipinski definition) is 1. The first kappa shape index (κ1) is 16.6. The molecule has 0 spiro atoms. The highest BCUT2D eigenvalue weighted by Gasteiger charge is 2.23. The molecule has 1 nitrogen and oxygen atoms in total. The Morgan fingerprint density at radius 1 is 0.741 bits per heavy atom. The summed E-state index contributed by atoms with van der Waals surface area (Å²) in [5.41, 5.74) is 9.19. The summed E-state index contributed by atoms with van der Waals surface area (Å²) in [6.45, 7) is 0. The normalized spacial score (nSPS) is 14.5. The van der Waals surface area contributed by atoms with Crippen molar-refractivity contribution < 1.29 is 0 Å². The molecule has 0 aromatic heterocycles. The number of halogens is 2. The van der Waals surface area contributed by atoms with Gasteiger partial charge in [-0.2, -0.15) is 0 Å². The molecule has 1 heterocycles. The Kier molecular flexibility index (Phi) is 4.00. The second-order valence-electron chi connectivity index (χ2n) is 6.67. The molecule has 3 heteroatoms. The van der Waals surface area contributed by atoms with E-state index in [4.69, 9.17) is 28.2 Å². The van der Waals surface area contributed by atoms with Crippen LogP contribution in [0.2, 0.25) is 10.0 Å². The van der Waals surface area contributed by atoms with Crippen molar-refractivity contribution in [3.63, 3.8) is 0 Å². The molecule has 0 N–H and O–H groups in total.